The summed E-state index contributed by atoms with van der Waals surface area (Å²) in [6, 6.07) is 0. The molecule has 4 radical (unpaired) electrons. The van der Waals surface area contributed by atoms with E-state index in [4.69, 9.17) is 0 Å². The summed E-state index contributed by atoms with van der Waals surface area (Å²) in [6.07, 6.45) is 0. The molecule has 9 heavy (non-hydrogen) atoms. The van der Waals surface area contributed by atoms with Gasteiger partial charge in [-0.2, -0.15) is 0 Å². The van der Waals surface area contributed by atoms with Crippen LogP contribution < -0.4 is 0 Å². The molecule has 0 fully saturated rings. The molecule has 0 aliphatic heterocycles. The Morgan fingerprint density at radius 2 is 0.333 bits per heavy atom. The maximum absolute atomic E-state index is 3.00. The van der Waals surface area contributed by atoms with Gasteiger partial charge in [0.25, 0.3) is 0 Å². The molecular formula is C8H16Pb. The van der Waals surface area contributed by atoms with E-state index in [0.29, 0.717) is 0 Å². The monoisotopic (exact) mass is 320 g/mol. The van der Waals surface area contributed by atoms with Gasteiger partial charge in [-0.3, -0.25) is 0 Å². The average Bonchev–Trinajstić information content (AvgIpc) is 2.03. The third kappa shape index (κ3) is 19600. The Bertz CT molecular complexity index is 12.5. The van der Waals surface area contributed by atoms with Gasteiger partial charge in [-0.05, 0) is 0 Å². The van der Waals surface area contributed by atoms with Gasteiger partial charge in [0.15, 0.2) is 0 Å². The topological polar surface area (TPSA) is 0 Å². The molecule has 0 aliphatic carbocycles. The summed E-state index contributed by atoms with van der Waals surface area (Å²) in [5, 5.41) is 0. The van der Waals surface area contributed by atoms with Crippen LogP contribution in [0.1, 0.15) is 0 Å². The van der Waals surface area contributed by atoms with Gasteiger partial charge < -0.3 is 0 Å². The summed E-state index contributed by atoms with van der Waals surface area (Å²) >= 11 is 0. The van der Waals surface area contributed by atoms with E-state index in [1.165, 1.54) is 0 Å². The second-order valence-corrected chi connectivity index (χ2v) is 0. The predicted molar refractivity (Wildman–Crippen MR) is 50.8 cm³/mol. The molecule has 0 atom stereocenters. The van der Waals surface area contributed by atoms with E-state index in [0.717, 1.165) is 0 Å². The van der Waals surface area contributed by atoms with Crippen LogP contribution in [0.5, 0.6) is 0 Å². The van der Waals surface area contributed by atoms with Crippen molar-refractivity contribution < 1.29 is 0 Å². The molecule has 0 aromatic carbocycles. The van der Waals surface area contributed by atoms with Crippen molar-refractivity contribution in [2.45, 2.75) is 0 Å². The van der Waals surface area contributed by atoms with Crippen molar-refractivity contribution in [1.82, 2.24) is 0 Å². The van der Waals surface area contributed by atoms with Gasteiger partial charge in [-0.15, -0.1) is 52.6 Å². The quantitative estimate of drug-likeness (QED) is 0.476. The fourth-order valence-electron chi connectivity index (χ4n) is 0. The second kappa shape index (κ2) is 26800. The van der Waals surface area contributed by atoms with Crippen LogP contribution in [0.4, 0.5) is 0 Å². The molecule has 0 rings (SSSR count). The Morgan fingerprint density at radius 1 is 0.333 bits per heavy atom. The molecule has 0 bridgehead atoms. The van der Waals surface area contributed by atoms with Crippen LogP contribution in [-0.2, 0) is 0 Å². The first-order valence-corrected chi connectivity index (χ1v) is 2.00. The minimum absolute atomic E-state index is 0. The van der Waals surface area contributed by atoms with Crippen LogP contribution in [0.15, 0.2) is 52.6 Å². The maximum atomic E-state index is 3.00. The number of hydrogen-bond donors (Lipinski definition) is 0. The van der Waals surface area contributed by atoms with Crippen LogP contribution in [0.25, 0.3) is 0 Å². The molecule has 0 spiro atoms. The number of rotatable bonds is 0. The van der Waals surface area contributed by atoms with Gasteiger partial charge in [0.05, 0.1) is 0 Å². The van der Waals surface area contributed by atoms with Gasteiger partial charge in [-0.25, -0.2) is 0 Å². The van der Waals surface area contributed by atoms with Gasteiger partial charge >= 0.3 is 0 Å². The minimum atomic E-state index is 0. The van der Waals surface area contributed by atoms with Crippen molar-refractivity contribution in [3.05, 3.63) is 52.6 Å². The molecule has 0 heterocycles. The molecule has 0 nitrogen and oxygen atoms in total. The predicted octanol–water partition coefficient (Wildman–Crippen LogP) is 2.83. The van der Waals surface area contributed by atoms with Crippen molar-refractivity contribution >= 4 is 27.3 Å². The van der Waals surface area contributed by atoms with Crippen LogP contribution in [0, 0.1) is 0 Å². The fraction of sp³-hybridized carbons (Fsp3) is 0. The average molecular weight is 319 g/mol. The summed E-state index contributed by atoms with van der Waals surface area (Å²) < 4.78 is 0. The summed E-state index contributed by atoms with van der Waals surface area (Å²) in [5.41, 5.74) is 0. The Balaban J connectivity index is -0.00000000762. The Kier molecular flexibility index (Phi) is 109000. The van der Waals surface area contributed by atoms with Gasteiger partial charge in [0.1, 0.15) is 0 Å². The Hall–Kier alpha value is -0.118. The van der Waals surface area contributed by atoms with Crippen molar-refractivity contribution in [2.75, 3.05) is 0 Å². The molecular weight excluding hydrogens is 303 g/mol. The van der Waals surface area contributed by atoms with Gasteiger partial charge in [0, 0.05) is 27.3 Å². The van der Waals surface area contributed by atoms with E-state index in [9.17, 15) is 0 Å². The zero-order valence-corrected chi connectivity index (χ0v) is 10.0. The van der Waals surface area contributed by atoms with E-state index in [1.807, 2.05) is 0 Å². The molecule has 0 aromatic rings. The maximum Gasteiger partial charge on any atom is 0 e. The molecule has 0 amide bonds. The van der Waals surface area contributed by atoms with Crippen molar-refractivity contribution in [2.24, 2.45) is 0 Å². The molecule has 0 saturated carbocycles. The zero-order chi connectivity index (χ0) is 8.00. The third-order valence-electron chi connectivity index (χ3n) is 0. The Labute approximate surface area is 79.8 Å². The first kappa shape index (κ1) is 36.6. The van der Waals surface area contributed by atoms with Gasteiger partial charge in [0.2, 0.25) is 0 Å². The largest absolute Gasteiger partial charge is 0.106 e. The normalized spacial score (nSPS) is 1.78. The van der Waals surface area contributed by atoms with E-state index >= 15 is 0 Å². The summed E-state index contributed by atoms with van der Waals surface area (Å²) in [7, 11) is 0. The summed E-state index contributed by atoms with van der Waals surface area (Å²) in [6.45, 7) is 24.0. The smallest absolute Gasteiger partial charge is 0 e. The first-order chi connectivity index (χ1) is 4.00. The van der Waals surface area contributed by atoms with Crippen molar-refractivity contribution in [3.8, 4) is 0 Å². The van der Waals surface area contributed by atoms with Crippen LogP contribution in [0.2, 0.25) is 0 Å². The van der Waals surface area contributed by atoms with Crippen LogP contribution in [0.3, 0.4) is 0 Å². The van der Waals surface area contributed by atoms with E-state index in [1.54, 1.807) is 0 Å². The van der Waals surface area contributed by atoms with E-state index in [2.05, 4.69) is 52.6 Å². The van der Waals surface area contributed by atoms with E-state index in [-0.39, 0.29) is 27.3 Å². The molecule has 0 N–H and O–H groups in total. The van der Waals surface area contributed by atoms with Crippen molar-refractivity contribution in [1.29, 1.82) is 0 Å². The number of hydrogen-bond acceptors (Lipinski definition) is 0. The Morgan fingerprint density at radius 3 is 0.333 bits per heavy atom. The minimum Gasteiger partial charge on any atom is -0.106 e. The zero-order valence-electron chi connectivity index (χ0n) is 6.16. The van der Waals surface area contributed by atoms with Crippen LogP contribution >= 0.6 is 0 Å². The standard InChI is InChI=1S/4C2H4.Pb/c4*1-2;/h4*1-2H2;. The second-order valence-electron chi connectivity index (χ2n) is 0. The fourth-order valence-corrected chi connectivity index (χ4v) is 0. The molecule has 52 valence electrons. The van der Waals surface area contributed by atoms with Gasteiger partial charge in [-0.1, -0.05) is 0 Å². The molecule has 0 unspecified atom stereocenters. The van der Waals surface area contributed by atoms with E-state index < -0.39 is 0 Å². The third-order valence-corrected chi connectivity index (χ3v) is 0. The first-order valence-electron chi connectivity index (χ1n) is 2.00. The molecule has 0 aliphatic rings. The molecule has 1 heteroatoms. The SMILES string of the molecule is C=C.C=C.C=C.C=C.[Pb]. The summed E-state index contributed by atoms with van der Waals surface area (Å²) in [4.78, 5) is 0. The van der Waals surface area contributed by atoms with Crippen LogP contribution in [-0.4, -0.2) is 27.3 Å². The molecule has 0 saturated heterocycles. The summed E-state index contributed by atoms with van der Waals surface area (Å²) in [5.74, 6) is 0. The molecule has 0 aromatic heterocycles. The van der Waals surface area contributed by atoms with Crippen molar-refractivity contribution in [3.63, 3.8) is 0 Å².